The Morgan fingerprint density at radius 2 is 2.16 bits per heavy atom. The summed E-state index contributed by atoms with van der Waals surface area (Å²) in [6.45, 7) is 3.30. The van der Waals surface area contributed by atoms with Gasteiger partial charge in [0.25, 0.3) is 0 Å². The van der Waals surface area contributed by atoms with E-state index < -0.39 is 0 Å². The first-order chi connectivity index (χ1) is 9.28. The molecule has 0 aliphatic carbocycles. The highest BCUT2D eigenvalue weighted by atomic mass is 16.5. The van der Waals surface area contributed by atoms with Gasteiger partial charge >= 0.3 is 5.97 Å². The van der Waals surface area contributed by atoms with Gasteiger partial charge in [-0.15, -0.1) is 0 Å². The lowest BCUT2D eigenvalue weighted by atomic mass is 9.93. The smallest absolute Gasteiger partial charge is 0.305 e. The van der Waals surface area contributed by atoms with Gasteiger partial charge in [0.2, 0.25) is 0 Å². The molecule has 3 heteroatoms. The van der Waals surface area contributed by atoms with Gasteiger partial charge in [-0.1, -0.05) is 30.3 Å². The van der Waals surface area contributed by atoms with Crippen LogP contribution in [0.15, 0.2) is 30.3 Å². The van der Waals surface area contributed by atoms with Crippen LogP contribution in [0.2, 0.25) is 0 Å². The van der Waals surface area contributed by atoms with Crippen LogP contribution in [0, 0.1) is 5.92 Å². The molecule has 0 bridgehead atoms. The predicted octanol–water partition coefficient (Wildman–Crippen LogP) is 2.85. The second-order valence-corrected chi connectivity index (χ2v) is 5.34. The van der Waals surface area contributed by atoms with E-state index in [0.29, 0.717) is 12.3 Å². The molecule has 1 atom stereocenters. The second kappa shape index (κ2) is 7.29. The SMILES string of the molecule is COC(=O)CC[C@@H]1CCCN(Cc2ccccc2)C1. The molecule has 1 aliphatic heterocycles. The van der Waals surface area contributed by atoms with Crippen LogP contribution >= 0.6 is 0 Å². The van der Waals surface area contributed by atoms with Crippen molar-refractivity contribution in [2.45, 2.75) is 32.2 Å². The number of carbonyl (C=O) groups is 1. The van der Waals surface area contributed by atoms with Crippen molar-refractivity contribution in [2.24, 2.45) is 5.92 Å². The molecule has 0 N–H and O–H groups in total. The van der Waals surface area contributed by atoms with E-state index in [2.05, 4.69) is 35.2 Å². The maximum atomic E-state index is 11.2. The molecule has 1 heterocycles. The van der Waals surface area contributed by atoms with Crippen LogP contribution < -0.4 is 0 Å². The first kappa shape index (κ1) is 14.1. The van der Waals surface area contributed by atoms with E-state index >= 15 is 0 Å². The van der Waals surface area contributed by atoms with Crippen molar-refractivity contribution >= 4 is 5.97 Å². The molecule has 0 spiro atoms. The Kier molecular flexibility index (Phi) is 5.40. The summed E-state index contributed by atoms with van der Waals surface area (Å²) in [5, 5.41) is 0. The summed E-state index contributed by atoms with van der Waals surface area (Å²) >= 11 is 0. The Hall–Kier alpha value is -1.35. The summed E-state index contributed by atoms with van der Waals surface area (Å²) < 4.78 is 4.71. The van der Waals surface area contributed by atoms with E-state index in [1.165, 1.54) is 32.1 Å². The quantitative estimate of drug-likeness (QED) is 0.763. The summed E-state index contributed by atoms with van der Waals surface area (Å²) in [6, 6.07) is 10.6. The van der Waals surface area contributed by atoms with Crippen molar-refractivity contribution in [3.8, 4) is 0 Å². The zero-order chi connectivity index (χ0) is 13.5. The van der Waals surface area contributed by atoms with Crippen LogP contribution in [0.3, 0.4) is 0 Å². The van der Waals surface area contributed by atoms with Crippen molar-refractivity contribution < 1.29 is 9.53 Å². The molecule has 3 nitrogen and oxygen atoms in total. The molecule has 0 saturated carbocycles. The van der Waals surface area contributed by atoms with Gasteiger partial charge in [-0.2, -0.15) is 0 Å². The Morgan fingerprint density at radius 1 is 1.37 bits per heavy atom. The summed E-state index contributed by atoms with van der Waals surface area (Å²) in [6.07, 6.45) is 3.99. The van der Waals surface area contributed by atoms with Crippen LogP contribution in [0.25, 0.3) is 0 Å². The number of esters is 1. The average molecular weight is 261 g/mol. The molecule has 0 unspecified atom stereocenters. The normalized spacial score (nSPS) is 20.2. The predicted molar refractivity (Wildman–Crippen MR) is 75.7 cm³/mol. The number of methoxy groups -OCH3 is 1. The van der Waals surface area contributed by atoms with E-state index in [0.717, 1.165) is 19.5 Å². The minimum atomic E-state index is -0.0832. The number of rotatable bonds is 5. The zero-order valence-corrected chi connectivity index (χ0v) is 11.7. The van der Waals surface area contributed by atoms with Crippen molar-refractivity contribution in [3.63, 3.8) is 0 Å². The molecule has 0 aromatic heterocycles. The number of benzene rings is 1. The van der Waals surface area contributed by atoms with Crippen molar-refractivity contribution in [1.82, 2.24) is 4.90 Å². The van der Waals surface area contributed by atoms with E-state index in [1.54, 1.807) is 0 Å². The van der Waals surface area contributed by atoms with E-state index in [9.17, 15) is 4.79 Å². The molecule has 104 valence electrons. The van der Waals surface area contributed by atoms with Gasteiger partial charge in [-0.25, -0.2) is 0 Å². The Morgan fingerprint density at radius 3 is 2.89 bits per heavy atom. The summed E-state index contributed by atoms with van der Waals surface area (Å²) in [5.41, 5.74) is 1.37. The van der Waals surface area contributed by atoms with Gasteiger partial charge in [-0.3, -0.25) is 9.69 Å². The van der Waals surface area contributed by atoms with Crippen molar-refractivity contribution in [2.75, 3.05) is 20.2 Å². The molecule has 19 heavy (non-hydrogen) atoms. The lowest BCUT2D eigenvalue weighted by Gasteiger charge is -2.32. The molecule has 1 aliphatic rings. The molecule has 0 amide bonds. The summed E-state index contributed by atoms with van der Waals surface area (Å²) in [7, 11) is 1.46. The summed E-state index contributed by atoms with van der Waals surface area (Å²) in [4.78, 5) is 13.7. The van der Waals surface area contributed by atoms with Gasteiger partial charge in [0.15, 0.2) is 0 Å². The number of hydrogen-bond donors (Lipinski definition) is 0. The monoisotopic (exact) mass is 261 g/mol. The van der Waals surface area contributed by atoms with Crippen molar-refractivity contribution in [1.29, 1.82) is 0 Å². The molecule has 1 aromatic carbocycles. The van der Waals surface area contributed by atoms with Gasteiger partial charge in [-0.05, 0) is 37.3 Å². The second-order valence-electron chi connectivity index (χ2n) is 5.34. The van der Waals surface area contributed by atoms with E-state index in [1.807, 2.05) is 0 Å². The Labute approximate surface area is 115 Å². The van der Waals surface area contributed by atoms with Crippen LogP contribution in [0.4, 0.5) is 0 Å². The fourth-order valence-corrected chi connectivity index (χ4v) is 2.80. The number of nitrogens with zero attached hydrogens (tertiary/aromatic N) is 1. The highest BCUT2D eigenvalue weighted by Gasteiger charge is 2.20. The van der Waals surface area contributed by atoms with Crippen LogP contribution in [-0.4, -0.2) is 31.1 Å². The standard InChI is InChI=1S/C16H23NO2/c1-19-16(18)10-9-15-8-5-11-17(13-15)12-14-6-3-2-4-7-14/h2-4,6-7,15H,5,8-13H2,1H3/t15-/m0/s1. The largest absolute Gasteiger partial charge is 0.469 e. The highest BCUT2D eigenvalue weighted by molar-refractivity contribution is 5.69. The molecule has 0 radical (unpaired) electrons. The number of hydrogen-bond acceptors (Lipinski definition) is 3. The third kappa shape index (κ3) is 4.67. The maximum absolute atomic E-state index is 11.2. The fraction of sp³-hybridized carbons (Fsp3) is 0.562. The van der Waals surface area contributed by atoms with E-state index in [-0.39, 0.29) is 5.97 Å². The lowest BCUT2D eigenvalue weighted by Crippen LogP contribution is -2.35. The van der Waals surface area contributed by atoms with Gasteiger partial charge in [0.1, 0.15) is 0 Å². The van der Waals surface area contributed by atoms with Gasteiger partial charge in [0, 0.05) is 19.5 Å². The van der Waals surface area contributed by atoms with Crippen LogP contribution in [0.5, 0.6) is 0 Å². The highest BCUT2D eigenvalue weighted by Crippen LogP contribution is 2.22. The van der Waals surface area contributed by atoms with Gasteiger partial charge < -0.3 is 4.74 Å². The average Bonchev–Trinajstić information content (AvgIpc) is 2.46. The number of piperidine rings is 1. The van der Waals surface area contributed by atoms with Gasteiger partial charge in [0.05, 0.1) is 7.11 Å². The maximum Gasteiger partial charge on any atom is 0.305 e. The van der Waals surface area contributed by atoms with Crippen LogP contribution in [0.1, 0.15) is 31.2 Å². The first-order valence-electron chi connectivity index (χ1n) is 7.11. The van der Waals surface area contributed by atoms with E-state index in [4.69, 9.17) is 4.74 Å². The van der Waals surface area contributed by atoms with Crippen LogP contribution in [-0.2, 0) is 16.1 Å². The third-order valence-corrected chi connectivity index (χ3v) is 3.84. The first-order valence-corrected chi connectivity index (χ1v) is 7.11. The number of carbonyl (C=O) groups excluding carboxylic acids is 1. The fourth-order valence-electron chi connectivity index (χ4n) is 2.80. The Balaban J connectivity index is 1.79. The molecular weight excluding hydrogens is 238 g/mol. The minimum Gasteiger partial charge on any atom is -0.469 e. The number of ether oxygens (including phenoxy) is 1. The topological polar surface area (TPSA) is 29.5 Å². The summed E-state index contributed by atoms with van der Waals surface area (Å²) in [5.74, 6) is 0.553. The zero-order valence-electron chi connectivity index (χ0n) is 11.7. The third-order valence-electron chi connectivity index (χ3n) is 3.84. The minimum absolute atomic E-state index is 0.0832. The number of likely N-dealkylation sites (tertiary alicyclic amines) is 1. The molecule has 1 aromatic rings. The Bertz CT molecular complexity index is 391. The lowest BCUT2D eigenvalue weighted by molar-refractivity contribution is -0.141. The molecular formula is C16H23NO2. The molecule has 2 rings (SSSR count). The van der Waals surface area contributed by atoms with Crippen molar-refractivity contribution in [3.05, 3.63) is 35.9 Å². The molecule has 1 saturated heterocycles. The molecule has 1 fully saturated rings.